The minimum atomic E-state index is 0.456. The van der Waals surface area contributed by atoms with Gasteiger partial charge in [-0.05, 0) is 35.9 Å². The van der Waals surface area contributed by atoms with Crippen molar-refractivity contribution in [2.45, 2.75) is 6.61 Å². The molecule has 0 aliphatic heterocycles. The minimum Gasteiger partial charge on any atom is -0.487 e. The van der Waals surface area contributed by atoms with Crippen molar-refractivity contribution in [2.24, 2.45) is 0 Å². The first-order valence-corrected chi connectivity index (χ1v) is 7.65. The molecule has 0 spiro atoms. The fourth-order valence-electron chi connectivity index (χ4n) is 1.92. The Balaban J connectivity index is 1.73. The molecule has 5 heteroatoms. The Hall–Kier alpha value is -2.04. The molecule has 1 heterocycles. The summed E-state index contributed by atoms with van der Waals surface area (Å²) in [6.45, 7) is 0.456. The molecule has 0 amide bonds. The fraction of sp³-hybridized carbons (Fsp3) is 0.0625. The van der Waals surface area contributed by atoms with Crippen LogP contribution in [0, 0.1) is 0 Å². The highest BCUT2D eigenvalue weighted by Gasteiger charge is 2.06. The van der Waals surface area contributed by atoms with Crippen molar-refractivity contribution in [3.63, 3.8) is 0 Å². The number of halogens is 1. The molecule has 3 aromatic rings. The van der Waals surface area contributed by atoms with Gasteiger partial charge in [0, 0.05) is 22.2 Å². The smallest absolute Gasteiger partial charge is 0.142 e. The molecule has 0 radical (unpaired) electrons. The van der Waals surface area contributed by atoms with E-state index in [1.165, 1.54) is 0 Å². The molecule has 0 bridgehead atoms. The summed E-state index contributed by atoms with van der Waals surface area (Å²) in [4.78, 5) is 4.27. The summed E-state index contributed by atoms with van der Waals surface area (Å²) in [5.41, 5.74) is 8.70. The van der Waals surface area contributed by atoms with Gasteiger partial charge in [-0.25, -0.2) is 4.98 Å². The summed E-state index contributed by atoms with van der Waals surface area (Å²) >= 11 is 7.44. The van der Waals surface area contributed by atoms with E-state index in [0.29, 0.717) is 23.1 Å². The number of hydrogen-bond acceptors (Lipinski definition) is 4. The molecule has 106 valence electrons. The van der Waals surface area contributed by atoms with Crippen LogP contribution in [0.3, 0.4) is 0 Å². The predicted molar refractivity (Wildman–Crippen MR) is 87.7 cm³/mol. The lowest BCUT2D eigenvalue weighted by Gasteiger charge is -2.10. The second-order valence-electron chi connectivity index (χ2n) is 4.51. The number of anilines is 1. The molecule has 0 unspecified atom stereocenters. The number of ether oxygens (including phenoxy) is 1. The molecule has 0 aliphatic rings. The molecule has 0 saturated carbocycles. The maximum atomic E-state index is 6.05. The molecule has 0 saturated heterocycles. The van der Waals surface area contributed by atoms with Crippen LogP contribution in [-0.4, -0.2) is 4.98 Å². The summed E-state index contributed by atoms with van der Waals surface area (Å²) < 4.78 is 5.75. The average molecular weight is 317 g/mol. The largest absolute Gasteiger partial charge is 0.487 e. The zero-order valence-electron chi connectivity index (χ0n) is 11.1. The predicted octanol–water partition coefficient (Wildman–Crippen LogP) is 4.62. The van der Waals surface area contributed by atoms with E-state index in [2.05, 4.69) is 4.98 Å². The first kappa shape index (κ1) is 13.9. The van der Waals surface area contributed by atoms with E-state index in [4.69, 9.17) is 22.1 Å². The van der Waals surface area contributed by atoms with Crippen molar-refractivity contribution in [3.8, 4) is 16.3 Å². The first-order chi connectivity index (χ1) is 10.2. The van der Waals surface area contributed by atoms with E-state index >= 15 is 0 Å². The van der Waals surface area contributed by atoms with E-state index in [0.717, 1.165) is 16.1 Å². The SMILES string of the molecule is Nc1cc(-c2nccs2)ccc1OCc1ccc(Cl)cc1. The van der Waals surface area contributed by atoms with Gasteiger partial charge in [0.2, 0.25) is 0 Å². The third-order valence-electron chi connectivity index (χ3n) is 3.00. The van der Waals surface area contributed by atoms with Gasteiger partial charge in [0.05, 0.1) is 5.69 Å². The van der Waals surface area contributed by atoms with Crippen LogP contribution in [0.25, 0.3) is 10.6 Å². The van der Waals surface area contributed by atoms with Gasteiger partial charge in [-0.2, -0.15) is 0 Å². The second-order valence-corrected chi connectivity index (χ2v) is 5.84. The lowest BCUT2D eigenvalue weighted by molar-refractivity contribution is 0.308. The van der Waals surface area contributed by atoms with Gasteiger partial charge >= 0.3 is 0 Å². The first-order valence-electron chi connectivity index (χ1n) is 6.39. The number of benzene rings is 2. The highest BCUT2D eigenvalue weighted by molar-refractivity contribution is 7.13. The highest BCUT2D eigenvalue weighted by Crippen LogP contribution is 2.30. The van der Waals surface area contributed by atoms with Crippen molar-refractivity contribution >= 4 is 28.6 Å². The van der Waals surface area contributed by atoms with Crippen molar-refractivity contribution in [1.82, 2.24) is 4.98 Å². The molecule has 2 N–H and O–H groups in total. The Morgan fingerprint density at radius 3 is 2.62 bits per heavy atom. The number of hydrogen-bond donors (Lipinski definition) is 1. The zero-order valence-corrected chi connectivity index (χ0v) is 12.7. The summed E-state index contributed by atoms with van der Waals surface area (Å²) in [6, 6.07) is 13.3. The molecule has 2 aromatic carbocycles. The Morgan fingerprint density at radius 2 is 1.95 bits per heavy atom. The van der Waals surface area contributed by atoms with Crippen LogP contribution in [0.1, 0.15) is 5.56 Å². The van der Waals surface area contributed by atoms with Crippen LogP contribution in [0.4, 0.5) is 5.69 Å². The van der Waals surface area contributed by atoms with E-state index in [9.17, 15) is 0 Å². The molecule has 3 rings (SSSR count). The standard InChI is InChI=1S/C16H13ClN2OS/c17-13-4-1-11(2-5-13)10-20-15-6-3-12(9-14(15)18)16-19-7-8-21-16/h1-9H,10,18H2. The third kappa shape index (κ3) is 3.35. The van der Waals surface area contributed by atoms with Crippen LogP contribution in [0.5, 0.6) is 5.75 Å². The molecule has 0 aliphatic carbocycles. The zero-order chi connectivity index (χ0) is 14.7. The van der Waals surface area contributed by atoms with Crippen LogP contribution < -0.4 is 10.5 Å². The molecule has 21 heavy (non-hydrogen) atoms. The monoisotopic (exact) mass is 316 g/mol. The van der Waals surface area contributed by atoms with Gasteiger partial charge in [-0.3, -0.25) is 0 Å². The topological polar surface area (TPSA) is 48.1 Å². The van der Waals surface area contributed by atoms with Crippen molar-refractivity contribution in [2.75, 3.05) is 5.73 Å². The van der Waals surface area contributed by atoms with Crippen molar-refractivity contribution < 1.29 is 4.74 Å². The maximum Gasteiger partial charge on any atom is 0.142 e. The lowest BCUT2D eigenvalue weighted by atomic mass is 10.2. The Kier molecular flexibility index (Phi) is 4.08. The number of nitrogens with two attached hydrogens (primary N) is 1. The highest BCUT2D eigenvalue weighted by atomic mass is 35.5. The van der Waals surface area contributed by atoms with Crippen LogP contribution in [0.2, 0.25) is 5.02 Å². The van der Waals surface area contributed by atoms with Crippen molar-refractivity contribution in [3.05, 3.63) is 64.6 Å². The maximum absolute atomic E-state index is 6.05. The van der Waals surface area contributed by atoms with Gasteiger partial charge in [0.15, 0.2) is 0 Å². The van der Waals surface area contributed by atoms with Gasteiger partial charge in [-0.15, -0.1) is 11.3 Å². The van der Waals surface area contributed by atoms with Crippen LogP contribution in [0.15, 0.2) is 54.0 Å². The van der Waals surface area contributed by atoms with Gasteiger partial charge < -0.3 is 10.5 Å². The number of rotatable bonds is 4. The van der Waals surface area contributed by atoms with Gasteiger partial charge in [0.1, 0.15) is 17.4 Å². The molecular weight excluding hydrogens is 304 g/mol. The average Bonchev–Trinajstić information content (AvgIpc) is 3.02. The van der Waals surface area contributed by atoms with Crippen LogP contribution >= 0.6 is 22.9 Å². The van der Waals surface area contributed by atoms with Gasteiger partial charge in [-0.1, -0.05) is 23.7 Å². The van der Waals surface area contributed by atoms with E-state index in [1.54, 1.807) is 17.5 Å². The lowest BCUT2D eigenvalue weighted by Crippen LogP contribution is -1.98. The number of nitrogens with zero attached hydrogens (tertiary/aromatic N) is 1. The Bertz CT molecular complexity index is 727. The van der Waals surface area contributed by atoms with E-state index in [-0.39, 0.29) is 0 Å². The summed E-state index contributed by atoms with van der Waals surface area (Å²) in [5, 5.41) is 3.60. The molecule has 3 nitrogen and oxygen atoms in total. The third-order valence-corrected chi connectivity index (χ3v) is 4.07. The fourth-order valence-corrected chi connectivity index (χ4v) is 2.68. The van der Waals surface area contributed by atoms with Crippen LogP contribution in [-0.2, 0) is 6.61 Å². The summed E-state index contributed by atoms with van der Waals surface area (Å²) in [5.74, 6) is 0.672. The summed E-state index contributed by atoms with van der Waals surface area (Å²) in [7, 11) is 0. The molecule has 0 atom stereocenters. The van der Waals surface area contributed by atoms with E-state index < -0.39 is 0 Å². The minimum absolute atomic E-state index is 0.456. The molecule has 0 fully saturated rings. The second kappa shape index (κ2) is 6.16. The quantitative estimate of drug-likeness (QED) is 0.714. The number of thiazole rings is 1. The molecule has 1 aromatic heterocycles. The number of aromatic nitrogens is 1. The Morgan fingerprint density at radius 1 is 1.14 bits per heavy atom. The van der Waals surface area contributed by atoms with E-state index in [1.807, 2.05) is 47.8 Å². The van der Waals surface area contributed by atoms with Crippen molar-refractivity contribution in [1.29, 1.82) is 0 Å². The molecular formula is C16H13ClN2OS. The Labute approximate surface area is 132 Å². The van der Waals surface area contributed by atoms with Gasteiger partial charge in [0.25, 0.3) is 0 Å². The normalized spacial score (nSPS) is 10.5. The number of nitrogen functional groups attached to an aromatic ring is 1. The summed E-state index contributed by atoms with van der Waals surface area (Å²) in [6.07, 6.45) is 1.78.